The fourth-order valence-corrected chi connectivity index (χ4v) is 3.12. The van der Waals surface area contributed by atoms with Gasteiger partial charge in [-0.25, -0.2) is 4.98 Å². The number of fused-ring (bicyclic) bond motifs is 1. The van der Waals surface area contributed by atoms with E-state index in [1.54, 1.807) is 0 Å². The maximum Gasteiger partial charge on any atom is 0.0809 e. The highest BCUT2D eigenvalue weighted by molar-refractivity contribution is 7.15. The molecule has 0 unspecified atom stereocenters. The quantitative estimate of drug-likeness (QED) is 0.586. The summed E-state index contributed by atoms with van der Waals surface area (Å²) in [6.45, 7) is 6.74. The zero-order chi connectivity index (χ0) is 13.5. The van der Waals surface area contributed by atoms with Gasteiger partial charge in [0.1, 0.15) is 0 Å². The summed E-state index contributed by atoms with van der Waals surface area (Å²) in [4.78, 5) is 7.40. The van der Waals surface area contributed by atoms with Crippen LogP contribution in [0, 0.1) is 0 Å². The molecule has 0 radical (unpaired) electrons. The summed E-state index contributed by atoms with van der Waals surface area (Å²) in [5.41, 5.74) is 2.34. The van der Waals surface area contributed by atoms with Crippen LogP contribution in [0.15, 0.2) is 48.5 Å². The van der Waals surface area contributed by atoms with E-state index in [2.05, 4.69) is 57.2 Å². The van der Waals surface area contributed by atoms with Crippen molar-refractivity contribution in [3.05, 3.63) is 53.4 Å². The number of para-hydroxylation sites is 1. The van der Waals surface area contributed by atoms with Crippen molar-refractivity contribution >= 4 is 22.2 Å². The Labute approximate surface area is 117 Å². The molecule has 1 nitrogen and oxygen atoms in total. The van der Waals surface area contributed by atoms with E-state index in [0.717, 1.165) is 11.2 Å². The lowest BCUT2D eigenvalue weighted by molar-refractivity contribution is 0.604. The molecule has 1 aromatic carbocycles. The van der Waals surface area contributed by atoms with Gasteiger partial charge in [-0.2, -0.15) is 0 Å². The van der Waals surface area contributed by atoms with Crippen LogP contribution in [0.4, 0.5) is 0 Å². The third-order valence-corrected chi connectivity index (χ3v) is 4.73. The third kappa shape index (κ3) is 2.41. The van der Waals surface area contributed by atoms with Crippen LogP contribution in [-0.4, -0.2) is 4.98 Å². The monoisotopic (exact) mass is 267 g/mol. The Morgan fingerprint density at radius 2 is 1.68 bits per heavy atom. The van der Waals surface area contributed by atoms with Crippen molar-refractivity contribution in [2.24, 2.45) is 0 Å². The Balaban J connectivity index is 2.07. The van der Waals surface area contributed by atoms with Gasteiger partial charge in [-0.3, -0.25) is 0 Å². The first-order valence-electron chi connectivity index (χ1n) is 6.50. The summed E-state index contributed by atoms with van der Waals surface area (Å²) in [7, 11) is 0. The predicted octanol–water partition coefficient (Wildman–Crippen LogP) is 5.26. The van der Waals surface area contributed by atoms with Crippen molar-refractivity contribution < 1.29 is 0 Å². The number of hydrogen-bond donors (Lipinski definition) is 0. The molecule has 0 fully saturated rings. The Hall–Kier alpha value is -1.67. The molecule has 0 aliphatic heterocycles. The molecule has 2 aromatic heterocycles. The van der Waals surface area contributed by atoms with Gasteiger partial charge < -0.3 is 0 Å². The zero-order valence-electron chi connectivity index (χ0n) is 11.5. The second kappa shape index (κ2) is 4.46. The Morgan fingerprint density at radius 3 is 2.42 bits per heavy atom. The van der Waals surface area contributed by atoms with Crippen LogP contribution in [0.2, 0.25) is 0 Å². The molecule has 0 atom stereocenters. The average Bonchev–Trinajstić information content (AvgIpc) is 2.87. The van der Waals surface area contributed by atoms with Gasteiger partial charge in [0.2, 0.25) is 0 Å². The van der Waals surface area contributed by atoms with E-state index in [1.807, 2.05) is 23.5 Å². The SMILES string of the molecule is CC(C)(C)c1ccc(-c2ccc3ccccc3n2)s1. The zero-order valence-corrected chi connectivity index (χ0v) is 12.3. The molecule has 0 aliphatic rings. The van der Waals surface area contributed by atoms with Gasteiger partial charge in [-0.05, 0) is 29.7 Å². The number of pyridine rings is 1. The minimum absolute atomic E-state index is 0.208. The minimum atomic E-state index is 0.208. The molecule has 0 spiro atoms. The van der Waals surface area contributed by atoms with Crippen molar-refractivity contribution in [1.29, 1.82) is 0 Å². The number of aromatic nitrogens is 1. The van der Waals surface area contributed by atoms with Gasteiger partial charge in [-0.15, -0.1) is 11.3 Å². The van der Waals surface area contributed by atoms with Gasteiger partial charge in [0, 0.05) is 10.3 Å². The van der Waals surface area contributed by atoms with E-state index in [1.165, 1.54) is 15.1 Å². The lowest BCUT2D eigenvalue weighted by Crippen LogP contribution is -2.07. The lowest BCUT2D eigenvalue weighted by Gasteiger charge is -2.15. The molecule has 96 valence electrons. The number of thiophene rings is 1. The van der Waals surface area contributed by atoms with Crippen LogP contribution in [0.3, 0.4) is 0 Å². The van der Waals surface area contributed by atoms with E-state index >= 15 is 0 Å². The highest BCUT2D eigenvalue weighted by Crippen LogP contribution is 2.34. The van der Waals surface area contributed by atoms with E-state index in [9.17, 15) is 0 Å². The summed E-state index contributed by atoms with van der Waals surface area (Å²) in [5, 5.41) is 1.19. The largest absolute Gasteiger partial charge is 0.247 e. The minimum Gasteiger partial charge on any atom is -0.247 e. The van der Waals surface area contributed by atoms with Crippen molar-refractivity contribution in [1.82, 2.24) is 4.98 Å². The van der Waals surface area contributed by atoms with E-state index < -0.39 is 0 Å². The third-order valence-electron chi connectivity index (χ3n) is 3.20. The molecule has 0 saturated carbocycles. The first-order chi connectivity index (χ1) is 9.04. The molecule has 2 heterocycles. The van der Waals surface area contributed by atoms with Crippen molar-refractivity contribution in [2.45, 2.75) is 26.2 Å². The summed E-state index contributed by atoms with van der Waals surface area (Å²) in [6, 6.07) is 16.9. The van der Waals surface area contributed by atoms with Gasteiger partial charge in [0.15, 0.2) is 0 Å². The molecule has 19 heavy (non-hydrogen) atoms. The van der Waals surface area contributed by atoms with E-state index in [0.29, 0.717) is 0 Å². The van der Waals surface area contributed by atoms with E-state index in [-0.39, 0.29) is 5.41 Å². The van der Waals surface area contributed by atoms with Crippen molar-refractivity contribution in [2.75, 3.05) is 0 Å². The van der Waals surface area contributed by atoms with Gasteiger partial charge in [0.05, 0.1) is 16.1 Å². The standard InChI is InChI=1S/C17H17NS/c1-17(2,3)16-11-10-15(19-16)14-9-8-12-6-4-5-7-13(12)18-14/h4-11H,1-3H3. The summed E-state index contributed by atoms with van der Waals surface area (Å²) >= 11 is 1.84. The van der Waals surface area contributed by atoms with Crippen LogP contribution in [0.25, 0.3) is 21.5 Å². The molecule has 0 aliphatic carbocycles. The van der Waals surface area contributed by atoms with E-state index in [4.69, 9.17) is 4.98 Å². The van der Waals surface area contributed by atoms with Gasteiger partial charge in [-0.1, -0.05) is 45.0 Å². The molecular weight excluding hydrogens is 250 g/mol. The van der Waals surface area contributed by atoms with Crippen molar-refractivity contribution in [3.63, 3.8) is 0 Å². The van der Waals surface area contributed by atoms with Crippen LogP contribution < -0.4 is 0 Å². The van der Waals surface area contributed by atoms with Crippen LogP contribution in [-0.2, 0) is 5.41 Å². The Bertz CT molecular complexity index is 719. The molecular formula is C17H17NS. The number of hydrogen-bond acceptors (Lipinski definition) is 2. The summed E-state index contributed by atoms with van der Waals surface area (Å²) in [6.07, 6.45) is 0. The number of benzene rings is 1. The maximum absolute atomic E-state index is 4.75. The first kappa shape index (κ1) is 12.4. The predicted molar refractivity (Wildman–Crippen MR) is 83.8 cm³/mol. The average molecular weight is 267 g/mol. The maximum atomic E-state index is 4.75. The second-order valence-corrected chi connectivity index (χ2v) is 6.89. The number of nitrogens with zero attached hydrogens (tertiary/aromatic N) is 1. The second-order valence-electron chi connectivity index (χ2n) is 5.80. The molecule has 3 aromatic rings. The number of rotatable bonds is 1. The molecule has 0 N–H and O–H groups in total. The Morgan fingerprint density at radius 1 is 0.895 bits per heavy atom. The van der Waals surface area contributed by atoms with Crippen molar-refractivity contribution in [3.8, 4) is 10.6 Å². The molecule has 0 saturated heterocycles. The highest BCUT2D eigenvalue weighted by Gasteiger charge is 2.16. The topological polar surface area (TPSA) is 12.9 Å². The van der Waals surface area contributed by atoms with Gasteiger partial charge >= 0.3 is 0 Å². The normalized spacial score (nSPS) is 11.9. The fraction of sp³-hybridized carbons (Fsp3) is 0.235. The molecule has 3 rings (SSSR count). The fourth-order valence-electron chi connectivity index (χ4n) is 2.08. The Kier molecular flexibility index (Phi) is 2.90. The summed E-state index contributed by atoms with van der Waals surface area (Å²) < 4.78 is 0. The van der Waals surface area contributed by atoms with Crippen LogP contribution in [0.5, 0.6) is 0 Å². The van der Waals surface area contributed by atoms with Crippen LogP contribution in [0.1, 0.15) is 25.6 Å². The smallest absolute Gasteiger partial charge is 0.0809 e. The lowest BCUT2D eigenvalue weighted by atomic mass is 9.95. The molecule has 0 amide bonds. The van der Waals surface area contributed by atoms with Gasteiger partial charge in [0.25, 0.3) is 0 Å². The highest BCUT2D eigenvalue weighted by atomic mass is 32.1. The summed E-state index contributed by atoms with van der Waals surface area (Å²) in [5.74, 6) is 0. The first-order valence-corrected chi connectivity index (χ1v) is 7.32. The van der Waals surface area contributed by atoms with Crippen LogP contribution >= 0.6 is 11.3 Å². The molecule has 0 bridgehead atoms. The molecule has 2 heteroatoms.